The van der Waals surface area contributed by atoms with Crippen molar-refractivity contribution in [1.29, 1.82) is 0 Å². The summed E-state index contributed by atoms with van der Waals surface area (Å²) in [6, 6.07) is 6.37. The molecule has 0 amide bonds. The Morgan fingerprint density at radius 1 is 1.29 bits per heavy atom. The molecule has 0 aromatic heterocycles. The number of halogens is 1. The maximum Gasteiger partial charge on any atom is 0.339 e. The SMILES string of the molecule is O=C(OC1C=CSC2=C1CCS2(=O)=O)c1ccc(Cl)cc1. The number of benzene rings is 1. The van der Waals surface area contributed by atoms with Gasteiger partial charge < -0.3 is 4.74 Å². The lowest BCUT2D eigenvalue weighted by Gasteiger charge is -2.19. The predicted octanol–water partition coefficient (Wildman–Crippen LogP) is 3.16. The maximum atomic E-state index is 12.1. The summed E-state index contributed by atoms with van der Waals surface area (Å²) in [5.74, 6) is -0.411. The van der Waals surface area contributed by atoms with Gasteiger partial charge in [0.05, 0.1) is 11.3 Å². The Morgan fingerprint density at radius 3 is 2.71 bits per heavy atom. The van der Waals surface area contributed by atoms with Crippen molar-refractivity contribution < 1.29 is 17.9 Å². The van der Waals surface area contributed by atoms with Gasteiger partial charge in [-0.1, -0.05) is 23.4 Å². The van der Waals surface area contributed by atoms with Gasteiger partial charge in [0.1, 0.15) is 10.3 Å². The van der Waals surface area contributed by atoms with Gasteiger partial charge in [-0.15, -0.1) is 0 Å². The van der Waals surface area contributed by atoms with E-state index in [0.29, 0.717) is 26.8 Å². The third-order valence-corrected chi connectivity index (χ3v) is 6.91. The van der Waals surface area contributed by atoms with Gasteiger partial charge >= 0.3 is 5.97 Å². The Hall–Kier alpha value is -1.24. The number of thioether (sulfide) groups is 1. The lowest BCUT2D eigenvalue weighted by molar-refractivity contribution is 0.0445. The Bertz CT molecular complexity index is 748. The Balaban J connectivity index is 1.82. The summed E-state index contributed by atoms with van der Waals surface area (Å²) >= 11 is 6.94. The van der Waals surface area contributed by atoms with Crippen LogP contribution >= 0.6 is 23.4 Å². The monoisotopic (exact) mass is 342 g/mol. The van der Waals surface area contributed by atoms with Crippen LogP contribution in [0.3, 0.4) is 0 Å². The van der Waals surface area contributed by atoms with Crippen LogP contribution in [-0.4, -0.2) is 26.2 Å². The van der Waals surface area contributed by atoms with E-state index in [0.717, 1.165) is 0 Å². The molecule has 110 valence electrons. The van der Waals surface area contributed by atoms with Crippen LogP contribution in [0.5, 0.6) is 0 Å². The fraction of sp³-hybridized carbons (Fsp3) is 0.214. The molecule has 1 aromatic rings. The average molecular weight is 343 g/mol. The molecule has 7 heteroatoms. The Labute approximate surface area is 131 Å². The number of esters is 1. The van der Waals surface area contributed by atoms with E-state index in [-0.39, 0.29) is 5.75 Å². The minimum Gasteiger partial charge on any atom is -0.450 e. The van der Waals surface area contributed by atoms with Crippen LogP contribution in [-0.2, 0) is 14.6 Å². The zero-order valence-electron chi connectivity index (χ0n) is 10.8. The van der Waals surface area contributed by atoms with Gasteiger partial charge in [0.25, 0.3) is 0 Å². The minimum atomic E-state index is -3.20. The fourth-order valence-electron chi connectivity index (χ4n) is 2.21. The van der Waals surface area contributed by atoms with Crippen molar-refractivity contribution in [3.8, 4) is 0 Å². The second-order valence-corrected chi connectivity index (χ2v) is 8.32. The fourth-order valence-corrected chi connectivity index (χ4v) is 5.35. The summed E-state index contributed by atoms with van der Waals surface area (Å²) in [5.41, 5.74) is 1.05. The number of carbonyl (C=O) groups excluding carboxylic acids is 1. The predicted molar refractivity (Wildman–Crippen MR) is 82.8 cm³/mol. The normalized spacial score (nSPS) is 23.0. The molecule has 1 unspecified atom stereocenters. The van der Waals surface area contributed by atoms with E-state index in [1.807, 2.05) is 0 Å². The molecule has 0 aliphatic carbocycles. The summed E-state index contributed by atoms with van der Waals surface area (Å²) in [5, 5.41) is 2.19. The summed E-state index contributed by atoms with van der Waals surface area (Å²) in [6.45, 7) is 0. The number of hydrogen-bond donors (Lipinski definition) is 0. The Morgan fingerprint density at radius 2 is 2.00 bits per heavy atom. The third kappa shape index (κ3) is 2.88. The topological polar surface area (TPSA) is 60.4 Å². The van der Waals surface area contributed by atoms with E-state index < -0.39 is 21.9 Å². The average Bonchev–Trinajstić information content (AvgIpc) is 2.76. The van der Waals surface area contributed by atoms with Gasteiger partial charge in [0.2, 0.25) is 0 Å². The number of rotatable bonds is 2. The highest BCUT2D eigenvalue weighted by atomic mass is 35.5. The van der Waals surface area contributed by atoms with E-state index in [1.165, 1.54) is 11.8 Å². The van der Waals surface area contributed by atoms with Crippen molar-refractivity contribution in [1.82, 2.24) is 0 Å². The third-order valence-electron chi connectivity index (χ3n) is 3.27. The van der Waals surface area contributed by atoms with Gasteiger partial charge in [-0.3, -0.25) is 0 Å². The summed E-state index contributed by atoms with van der Waals surface area (Å²) in [4.78, 5) is 12.1. The van der Waals surface area contributed by atoms with Gasteiger partial charge in [0.15, 0.2) is 9.84 Å². The van der Waals surface area contributed by atoms with E-state index in [2.05, 4.69) is 0 Å². The van der Waals surface area contributed by atoms with Crippen LogP contribution in [0.2, 0.25) is 5.02 Å². The van der Waals surface area contributed by atoms with Crippen LogP contribution in [0, 0.1) is 0 Å². The molecule has 0 radical (unpaired) electrons. The maximum absolute atomic E-state index is 12.1. The molecule has 0 saturated carbocycles. The molecule has 4 nitrogen and oxygen atoms in total. The van der Waals surface area contributed by atoms with Crippen LogP contribution < -0.4 is 0 Å². The van der Waals surface area contributed by atoms with Gasteiger partial charge in [-0.05, 0) is 42.2 Å². The van der Waals surface area contributed by atoms with Crippen molar-refractivity contribution in [3.05, 3.63) is 56.1 Å². The van der Waals surface area contributed by atoms with Gasteiger partial charge in [-0.2, -0.15) is 0 Å². The standard InChI is InChI=1S/C14H11ClO4S2/c15-10-3-1-9(2-4-10)13(16)19-12-5-7-20-14-11(12)6-8-21(14,17)18/h1-5,7,12H,6,8H2. The molecule has 0 N–H and O–H groups in total. The van der Waals surface area contributed by atoms with Crippen molar-refractivity contribution in [2.45, 2.75) is 12.5 Å². The van der Waals surface area contributed by atoms with Crippen LogP contribution in [0.15, 0.2) is 45.6 Å². The molecule has 0 spiro atoms. The van der Waals surface area contributed by atoms with Crippen LogP contribution in [0.1, 0.15) is 16.8 Å². The molecule has 2 aliphatic rings. The quantitative estimate of drug-likeness (QED) is 0.773. The van der Waals surface area contributed by atoms with Crippen molar-refractivity contribution in [2.75, 3.05) is 5.75 Å². The highest BCUT2D eigenvalue weighted by molar-refractivity contribution is 8.20. The molecular formula is C14H11ClO4S2. The second kappa shape index (κ2) is 5.51. The summed E-state index contributed by atoms with van der Waals surface area (Å²) in [7, 11) is -3.20. The number of sulfone groups is 1. The first-order valence-electron chi connectivity index (χ1n) is 6.23. The first kappa shape index (κ1) is 14.7. The Kier molecular flexibility index (Phi) is 3.86. The highest BCUT2D eigenvalue weighted by Gasteiger charge is 2.36. The van der Waals surface area contributed by atoms with E-state index >= 15 is 0 Å². The van der Waals surface area contributed by atoms with Crippen molar-refractivity contribution in [2.24, 2.45) is 0 Å². The smallest absolute Gasteiger partial charge is 0.339 e. The number of hydrogen-bond acceptors (Lipinski definition) is 5. The molecule has 2 heterocycles. The molecule has 0 saturated heterocycles. The lowest BCUT2D eigenvalue weighted by Crippen LogP contribution is -2.20. The lowest BCUT2D eigenvalue weighted by atomic mass is 10.1. The van der Waals surface area contributed by atoms with Gasteiger partial charge in [0, 0.05) is 10.6 Å². The summed E-state index contributed by atoms with van der Waals surface area (Å²) in [6.07, 6.45) is 1.51. The minimum absolute atomic E-state index is 0.0847. The molecule has 3 rings (SSSR count). The van der Waals surface area contributed by atoms with Crippen LogP contribution in [0.4, 0.5) is 0 Å². The largest absolute Gasteiger partial charge is 0.450 e. The molecule has 1 aromatic carbocycles. The van der Waals surface area contributed by atoms with Gasteiger partial charge in [-0.25, -0.2) is 13.2 Å². The second-order valence-electron chi connectivity index (χ2n) is 4.66. The zero-order chi connectivity index (χ0) is 15.0. The van der Waals surface area contributed by atoms with E-state index in [4.69, 9.17) is 16.3 Å². The van der Waals surface area contributed by atoms with Crippen molar-refractivity contribution >= 4 is 39.2 Å². The summed E-state index contributed by atoms with van der Waals surface area (Å²) < 4.78 is 29.5. The van der Waals surface area contributed by atoms with Crippen molar-refractivity contribution in [3.63, 3.8) is 0 Å². The zero-order valence-corrected chi connectivity index (χ0v) is 13.2. The van der Waals surface area contributed by atoms with Crippen LogP contribution in [0.25, 0.3) is 0 Å². The van der Waals surface area contributed by atoms with E-state index in [9.17, 15) is 13.2 Å². The first-order chi connectivity index (χ1) is 9.97. The number of ether oxygens (including phenoxy) is 1. The molecule has 1 atom stereocenters. The molecule has 2 aliphatic heterocycles. The van der Waals surface area contributed by atoms with E-state index in [1.54, 1.807) is 35.7 Å². The highest BCUT2D eigenvalue weighted by Crippen LogP contribution is 2.41. The number of carbonyl (C=O) groups is 1. The molecule has 0 bridgehead atoms. The molecule has 21 heavy (non-hydrogen) atoms. The first-order valence-corrected chi connectivity index (χ1v) is 9.14. The molecular weight excluding hydrogens is 332 g/mol. The molecule has 0 fully saturated rings.